The zero-order chi connectivity index (χ0) is 10.3. The van der Waals surface area contributed by atoms with E-state index in [1.165, 1.54) is 18.4 Å². The van der Waals surface area contributed by atoms with Crippen LogP contribution in [0.25, 0.3) is 0 Å². The van der Waals surface area contributed by atoms with Crippen molar-refractivity contribution in [1.29, 1.82) is 0 Å². The summed E-state index contributed by atoms with van der Waals surface area (Å²) in [7, 11) is 0. The minimum atomic E-state index is -0.0162. The Morgan fingerprint density at radius 2 is 2.53 bits per heavy atom. The molecule has 15 heavy (non-hydrogen) atoms. The number of hydrogen-bond donors (Lipinski definition) is 0. The summed E-state index contributed by atoms with van der Waals surface area (Å²) in [6.07, 6.45) is 8.13. The highest BCUT2D eigenvalue weighted by atomic mass is 32.1. The molecule has 0 N–H and O–H groups in total. The number of ether oxygens (including phenoxy) is 2. The van der Waals surface area contributed by atoms with Gasteiger partial charge in [0.2, 0.25) is 0 Å². The number of hydrogen-bond acceptors (Lipinski definition) is 3. The van der Waals surface area contributed by atoms with Gasteiger partial charge in [0.05, 0.1) is 12.9 Å². The fourth-order valence-corrected chi connectivity index (χ4v) is 2.24. The standard InChI is InChI=1S/C12H16O2S/c1-2-7-13-12(5-1)14-8-3-4-11-6-9-15-10-11/h3,6,8-10,12H,1-2,4-5,7H2/b8-3+. The highest BCUT2D eigenvalue weighted by molar-refractivity contribution is 7.07. The van der Waals surface area contributed by atoms with E-state index in [9.17, 15) is 0 Å². The predicted octanol–water partition coefficient (Wildman–Crippen LogP) is 3.35. The first-order valence-corrected chi connectivity index (χ1v) is 6.32. The zero-order valence-electron chi connectivity index (χ0n) is 8.72. The molecule has 2 heterocycles. The summed E-state index contributed by atoms with van der Waals surface area (Å²) >= 11 is 1.73. The smallest absolute Gasteiger partial charge is 0.198 e. The van der Waals surface area contributed by atoms with E-state index in [-0.39, 0.29) is 6.29 Å². The maximum atomic E-state index is 5.48. The van der Waals surface area contributed by atoms with Crippen LogP contribution < -0.4 is 0 Å². The SMILES string of the molecule is C(=C\OC1CCCCO1)/Cc1ccsc1. The highest BCUT2D eigenvalue weighted by Crippen LogP contribution is 2.14. The first kappa shape index (κ1) is 10.7. The highest BCUT2D eigenvalue weighted by Gasteiger charge is 2.12. The van der Waals surface area contributed by atoms with Gasteiger partial charge in [0.15, 0.2) is 6.29 Å². The lowest BCUT2D eigenvalue weighted by Crippen LogP contribution is -2.19. The Hall–Kier alpha value is -0.800. The lowest BCUT2D eigenvalue weighted by Gasteiger charge is -2.21. The van der Waals surface area contributed by atoms with Crippen LogP contribution in [-0.2, 0) is 15.9 Å². The summed E-state index contributed by atoms with van der Waals surface area (Å²) < 4.78 is 10.9. The maximum absolute atomic E-state index is 5.48. The minimum absolute atomic E-state index is 0.0162. The van der Waals surface area contributed by atoms with Gasteiger partial charge in [-0.1, -0.05) is 0 Å². The third kappa shape index (κ3) is 3.68. The Morgan fingerprint density at radius 1 is 1.53 bits per heavy atom. The molecule has 3 heteroatoms. The molecule has 0 spiro atoms. The Morgan fingerprint density at radius 3 is 3.27 bits per heavy atom. The molecule has 0 radical (unpaired) electrons. The molecule has 0 saturated carbocycles. The molecule has 2 nitrogen and oxygen atoms in total. The van der Waals surface area contributed by atoms with Crippen molar-refractivity contribution in [2.45, 2.75) is 32.0 Å². The van der Waals surface area contributed by atoms with Crippen molar-refractivity contribution in [3.8, 4) is 0 Å². The van der Waals surface area contributed by atoms with E-state index in [0.29, 0.717) is 0 Å². The average molecular weight is 224 g/mol. The van der Waals surface area contributed by atoms with Crippen LogP contribution in [0.15, 0.2) is 29.2 Å². The van der Waals surface area contributed by atoms with Gasteiger partial charge in [-0.05, 0) is 47.7 Å². The summed E-state index contributed by atoms with van der Waals surface area (Å²) in [5.41, 5.74) is 1.34. The molecule has 0 bridgehead atoms. The van der Waals surface area contributed by atoms with Gasteiger partial charge in [0, 0.05) is 6.42 Å². The fourth-order valence-electron chi connectivity index (χ4n) is 1.55. The summed E-state index contributed by atoms with van der Waals surface area (Å²) in [5, 5.41) is 4.25. The monoisotopic (exact) mass is 224 g/mol. The van der Waals surface area contributed by atoms with E-state index >= 15 is 0 Å². The van der Waals surface area contributed by atoms with Crippen LogP contribution in [0.1, 0.15) is 24.8 Å². The number of thiophene rings is 1. The van der Waals surface area contributed by atoms with Gasteiger partial charge in [-0.2, -0.15) is 11.3 Å². The molecule has 1 aliphatic rings. The topological polar surface area (TPSA) is 18.5 Å². The molecule has 1 aliphatic heterocycles. The quantitative estimate of drug-likeness (QED) is 0.730. The van der Waals surface area contributed by atoms with Crippen molar-refractivity contribution in [3.63, 3.8) is 0 Å². The predicted molar refractivity (Wildman–Crippen MR) is 61.8 cm³/mol. The van der Waals surface area contributed by atoms with Crippen LogP contribution in [0, 0.1) is 0 Å². The van der Waals surface area contributed by atoms with E-state index < -0.39 is 0 Å². The molecule has 0 amide bonds. The van der Waals surface area contributed by atoms with Crippen molar-refractivity contribution in [2.75, 3.05) is 6.61 Å². The minimum Gasteiger partial charge on any atom is -0.473 e. The third-order valence-electron chi connectivity index (χ3n) is 2.40. The molecule has 1 saturated heterocycles. The molecular formula is C12H16O2S. The van der Waals surface area contributed by atoms with Crippen LogP contribution in [0.5, 0.6) is 0 Å². The summed E-state index contributed by atoms with van der Waals surface area (Å²) in [5.74, 6) is 0. The van der Waals surface area contributed by atoms with E-state index in [0.717, 1.165) is 19.4 Å². The van der Waals surface area contributed by atoms with Crippen molar-refractivity contribution in [1.82, 2.24) is 0 Å². The van der Waals surface area contributed by atoms with Crippen molar-refractivity contribution in [3.05, 3.63) is 34.7 Å². The first-order valence-electron chi connectivity index (χ1n) is 5.38. The van der Waals surface area contributed by atoms with Gasteiger partial charge in [-0.15, -0.1) is 0 Å². The van der Waals surface area contributed by atoms with Gasteiger partial charge >= 0.3 is 0 Å². The molecule has 82 valence electrons. The third-order valence-corrected chi connectivity index (χ3v) is 3.13. The molecule has 1 atom stereocenters. The van der Waals surface area contributed by atoms with E-state index in [2.05, 4.69) is 16.8 Å². The van der Waals surface area contributed by atoms with Crippen molar-refractivity contribution < 1.29 is 9.47 Å². The second-order valence-electron chi connectivity index (χ2n) is 3.64. The van der Waals surface area contributed by atoms with Gasteiger partial charge in [-0.3, -0.25) is 0 Å². The van der Waals surface area contributed by atoms with Crippen LogP contribution in [0.3, 0.4) is 0 Å². The molecule has 2 rings (SSSR count). The molecule has 1 aromatic heterocycles. The number of rotatable bonds is 4. The average Bonchev–Trinajstić information content (AvgIpc) is 2.79. The lowest BCUT2D eigenvalue weighted by atomic mass is 10.2. The molecule has 1 aromatic rings. The Bertz CT molecular complexity index is 287. The van der Waals surface area contributed by atoms with Gasteiger partial charge < -0.3 is 9.47 Å². The molecular weight excluding hydrogens is 208 g/mol. The normalized spacial score (nSPS) is 22.0. The van der Waals surface area contributed by atoms with Crippen LogP contribution in [-0.4, -0.2) is 12.9 Å². The maximum Gasteiger partial charge on any atom is 0.198 e. The Labute approximate surface area is 94.5 Å². The lowest BCUT2D eigenvalue weighted by molar-refractivity contribution is -0.129. The zero-order valence-corrected chi connectivity index (χ0v) is 9.54. The van der Waals surface area contributed by atoms with Crippen LogP contribution >= 0.6 is 11.3 Å². The second kappa shape index (κ2) is 5.93. The van der Waals surface area contributed by atoms with Gasteiger partial charge in [0.1, 0.15) is 0 Å². The molecule has 1 unspecified atom stereocenters. The number of allylic oxidation sites excluding steroid dienone is 1. The van der Waals surface area contributed by atoms with Crippen molar-refractivity contribution >= 4 is 11.3 Å². The Kier molecular flexibility index (Phi) is 4.23. The summed E-state index contributed by atoms with van der Waals surface area (Å²) in [4.78, 5) is 0. The van der Waals surface area contributed by atoms with Crippen LogP contribution in [0.2, 0.25) is 0 Å². The van der Waals surface area contributed by atoms with E-state index in [4.69, 9.17) is 9.47 Å². The first-order chi connectivity index (χ1) is 7.45. The summed E-state index contributed by atoms with van der Waals surface area (Å²) in [6, 6.07) is 2.13. The summed E-state index contributed by atoms with van der Waals surface area (Å²) in [6.45, 7) is 0.836. The van der Waals surface area contributed by atoms with Gasteiger partial charge in [-0.25, -0.2) is 0 Å². The molecule has 1 fully saturated rings. The largest absolute Gasteiger partial charge is 0.473 e. The van der Waals surface area contributed by atoms with Crippen LogP contribution in [0.4, 0.5) is 0 Å². The second-order valence-corrected chi connectivity index (χ2v) is 4.42. The van der Waals surface area contributed by atoms with E-state index in [1.807, 2.05) is 6.08 Å². The Balaban J connectivity index is 1.66. The van der Waals surface area contributed by atoms with E-state index in [1.54, 1.807) is 17.6 Å². The molecule has 0 aromatic carbocycles. The van der Waals surface area contributed by atoms with Gasteiger partial charge in [0.25, 0.3) is 0 Å². The fraction of sp³-hybridized carbons (Fsp3) is 0.500. The molecule has 0 aliphatic carbocycles. The van der Waals surface area contributed by atoms with Crippen molar-refractivity contribution in [2.24, 2.45) is 0 Å².